The summed E-state index contributed by atoms with van der Waals surface area (Å²) < 4.78 is 29.6. The van der Waals surface area contributed by atoms with Crippen molar-refractivity contribution in [3.05, 3.63) is 130 Å². The number of aryl methyl sites for hydroxylation is 2. The van der Waals surface area contributed by atoms with Crippen LogP contribution in [0.2, 0.25) is 5.02 Å². The van der Waals surface area contributed by atoms with E-state index in [9.17, 15) is 18.0 Å². The summed E-state index contributed by atoms with van der Waals surface area (Å²) in [5, 5.41) is 3.79. The molecule has 0 unspecified atom stereocenters. The van der Waals surface area contributed by atoms with E-state index in [1.54, 1.807) is 42.5 Å². The Labute approximate surface area is 283 Å². The van der Waals surface area contributed by atoms with Gasteiger partial charge in [0, 0.05) is 24.0 Å². The quantitative estimate of drug-likeness (QED) is 0.172. The Hall–Kier alpha value is -4.14. The SMILES string of the molecule is Cc1ccc(N(CC(=O)N(Cc2ccc(Cl)cc2)[C@@H](Cc2ccccc2)C(=O)NC2CCCCC2)S(=O)(=O)c2ccccc2)cc1C. The molecule has 0 aliphatic heterocycles. The Balaban J connectivity index is 1.56. The lowest BCUT2D eigenvalue weighted by molar-refractivity contribution is -0.140. The topological polar surface area (TPSA) is 86.8 Å². The number of amides is 2. The lowest BCUT2D eigenvalue weighted by atomic mass is 9.94. The average Bonchev–Trinajstić information content (AvgIpc) is 3.08. The monoisotopic (exact) mass is 671 g/mol. The van der Waals surface area contributed by atoms with Crippen LogP contribution in [0.1, 0.15) is 54.4 Å². The molecule has 1 fully saturated rings. The smallest absolute Gasteiger partial charge is 0.264 e. The zero-order chi connectivity index (χ0) is 33.4. The van der Waals surface area contributed by atoms with Crippen molar-refractivity contribution in [3.8, 4) is 0 Å². The van der Waals surface area contributed by atoms with Crippen molar-refractivity contribution in [3.63, 3.8) is 0 Å². The number of carbonyl (C=O) groups is 2. The van der Waals surface area contributed by atoms with Gasteiger partial charge in [-0.25, -0.2) is 8.42 Å². The van der Waals surface area contributed by atoms with Crippen LogP contribution in [0, 0.1) is 13.8 Å². The predicted octanol–water partition coefficient (Wildman–Crippen LogP) is 7.24. The van der Waals surface area contributed by atoms with Crippen molar-refractivity contribution in [2.24, 2.45) is 0 Å². The van der Waals surface area contributed by atoms with Gasteiger partial charge in [0.2, 0.25) is 11.8 Å². The number of hydrogen-bond donors (Lipinski definition) is 1. The first kappa shape index (κ1) is 34.2. The molecule has 5 rings (SSSR count). The predicted molar refractivity (Wildman–Crippen MR) is 188 cm³/mol. The molecule has 4 aromatic carbocycles. The molecule has 246 valence electrons. The van der Waals surface area contributed by atoms with Gasteiger partial charge in [-0.15, -0.1) is 0 Å². The van der Waals surface area contributed by atoms with Gasteiger partial charge in [0.05, 0.1) is 10.6 Å². The number of rotatable bonds is 12. The first-order valence-corrected chi connectivity index (χ1v) is 18.0. The molecule has 2 amide bonds. The number of nitrogens with zero attached hydrogens (tertiary/aromatic N) is 2. The van der Waals surface area contributed by atoms with Crippen LogP contribution in [0.25, 0.3) is 0 Å². The van der Waals surface area contributed by atoms with Crippen LogP contribution in [0.15, 0.2) is 108 Å². The van der Waals surface area contributed by atoms with Gasteiger partial charge in [-0.2, -0.15) is 0 Å². The number of halogens is 1. The van der Waals surface area contributed by atoms with Gasteiger partial charge < -0.3 is 10.2 Å². The molecule has 1 aliphatic carbocycles. The highest BCUT2D eigenvalue weighted by molar-refractivity contribution is 7.92. The highest BCUT2D eigenvalue weighted by Gasteiger charge is 2.35. The minimum absolute atomic E-state index is 0.0347. The number of nitrogens with one attached hydrogen (secondary N) is 1. The van der Waals surface area contributed by atoms with E-state index < -0.39 is 28.5 Å². The Morgan fingerprint density at radius 1 is 0.809 bits per heavy atom. The van der Waals surface area contributed by atoms with Crippen LogP contribution in [0.3, 0.4) is 0 Å². The standard InChI is InChI=1S/C38H42ClN3O4S/c1-28-18-23-34(24-29(28)2)42(47(45,46)35-16-10-5-11-17-35)27-37(43)41(26-31-19-21-32(39)22-20-31)36(25-30-12-6-3-7-13-30)38(44)40-33-14-8-4-9-15-33/h3,5-7,10-13,16-24,33,36H,4,8-9,14-15,25-27H2,1-2H3,(H,40,44)/t36-/m0/s1. The molecule has 0 spiro atoms. The third kappa shape index (κ3) is 8.82. The molecule has 1 aliphatic rings. The molecule has 4 aromatic rings. The van der Waals surface area contributed by atoms with Crippen molar-refractivity contribution >= 4 is 39.1 Å². The van der Waals surface area contributed by atoms with Crippen LogP contribution in [0.4, 0.5) is 5.69 Å². The van der Waals surface area contributed by atoms with Crippen molar-refractivity contribution in [1.82, 2.24) is 10.2 Å². The van der Waals surface area contributed by atoms with Crippen LogP contribution < -0.4 is 9.62 Å². The summed E-state index contributed by atoms with van der Waals surface area (Å²) in [7, 11) is -4.15. The van der Waals surface area contributed by atoms with Crippen molar-refractivity contribution in [2.45, 2.75) is 75.9 Å². The number of benzene rings is 4. The molecule has 0 saturated heterocycles. The summed E-state index contributed by atoms with van der Waals surface area (Å²) in [6, 6.07) is 29.3. The second kappa shape index (κ2) is 15.6. The molecule has 47 heavy (non-hydrogen) atoms. The first-order chi connectivity index (χ1) is 22.6. The molecule has 9 heteroatoms. The van der Waals surface area contributed by atoms with Crippen LogP contribution in [-0.2, 0) is 32.6 Å². The molecule has 1 saturated carbocycles. The van der Waals surface area contributed by atoms with E-state index in [0.717, 1.165) is 58.7 Å². The van der Waals surface area contributed by atoms with E-state index in [2.05, 4.69) is 5.32 Å². The lowest BCUT2D eigenvalue weighted by Crippen LogP contribution is -2.55. The fourth-order valence-corrected chi connectivity index (χ4v) is 7.57. The minimum Gasteiger partial charge on any atom is -0.352 e. The van der Waals surface area contributed by atoms with Crippen molar-refractivity contribution in [2.75, 3.05) is 10.8 Å². The van der Waals surface area contributed by atoms with E-state index in [1.165, 1.54) is 17.0 Å². The zero-order valence-electron chi connectivity index (χ0n) is 26.9. The molecular weight excluding hydrogens is 630 g/mol. The highest BCUT2D eigenvalue weighted by atomic mass is 35.5. The first-order valence-electron chi connectivity index (χ1n) is 16.1. The van der Waals surface area contributed by atoms with Gasteiger partial charge in [0.25, 0.3) is 10.0 Å². The molecule has 0 radical (unpaired) electrons. The van der Waals surface area contributed by atoms with E-state index in [1.807, 2.05) is 62.4 Å². The fourth-order valence-electron chi connectivity index (χ4n) is 6.01. The minimum atomic E-state index is -4.15. The number of sulfonamides is 1. The lowest BCUT2D eigenvalue weighted by Gasteiger charge is -2.35. The maximum atomic E-state index is 14.7. The summed E-state index contributed by atoms with van der Waals surface area (Å²) in [5.74, 6) is -0.732. The van der Waals surface area contributed by atoms with E-state index in [4.69, 9.17) is 11.6 Å². The maximum Gasteiger partial charge on any atom is 0.264 e. The summed E-state index contributed by atoms with van der Waals surface area (Å²) >= 11 is 6.19. The summed E-state index contributed by atoms with van der Waals surface area (Å²) in [6.45, 7) is 3.46. The molecular formula is C38H42ClN3O4S. The van der Waals surface area contributed by atoms with Crippen molar-refractivity contribution in [1.29, 1.82) is 0 Å². The molecule has 0 bridgehead atoms. The van der Waals surface area contributed by atoms with Crippen LogP contribution in [-0.4, -0.2) is 43.8 Å². The van der Waals surface area contributed by atoms with Crippen LogP contribution >= 0.6 is 11.6 Å². The summed E-state index contributed by atoms with van der Waals surface area (Å²) in [5.41, 5.74) is 3.95. The largest absolute Gasteiger partial charge is 0.352 e. The highest BCUT2D eigenvalue weighted by Crippen LogP contribution is 2.27. The van der Waals surface area contributed by atoms with Gasteiger partial charge in [-0.1, -0.05) is 97.6 Å². The summed E-state index contributed by atoms with van der Waals surface area (Å²) in [4.78, 5) is 30.5. The van der Waals surface area contributed by atoms with Crippen LogP contribution in [0.5, 0.6) is 0 Å². The van der Waals surface area contributed by atoms with Gasteiger partial charge >= 0.3 is 0 Å². The van der Waals surface area contributed by atoms with E-state index in [0.29, 0.717) is 10.7 Å². The fraction of sp³-hybridized carbons (Fsp3) is 0.316. The van der Waals surface area contributed by atoms with Gasteiger partial charge in [-0.3, -0.25) is 13.9 Å². The van der Waals surface area contributed by atoms with Gasteiger partial charge in [-0.05, 0) is 85.3 Å². The third-order valence-corrected chi connectivity index (χ3v) is 10.9. The number of hydrogen-bond acceptors (Lipinski definition) is 4. The Morgan fingerprint density at radius 2 is 1.45 bits per heavy atom. The van der Waals surface area contributed by atoms with Crippen molar-refractivity contribution < 1.29 is 18.0 Å². The molecule has 0 heterocycles. The number of anilines is 1. The molecule has 7 nitrogen and oxygen atoms in total. The second-order valence-electron chi connectivity index (χ2n) is 12.3. The van der Waals surface area contributed by atoms with Gasteiger partial charge in [0.1, 0.15) is 12.6 Å². The Bertz CT molecular complexity index is 1760. The van der Waals surface area contributed by atoms with E-state index >= 15 is 0 Å². The Kier molecular flexibility index (Phi) is 11.4. The normalized spacial score (nSPS) is 14.3. The molecule has 1 N–H and O–H groups in total. The second-order valence-corrected chi connectivity index (χ2v) is 14.6. The average molecular weight is 672 g/mol. The molecule has 0 aromatic heterocycles. The molecule has 1 atom stereocenters. The zero-order valence-corrected chi connectivity index (χ0v) is 28.5. The Morgan fingerprint density at radius 3 is 2.09 bits per heavy atom. The summed E-state index contributed by atoms with van der Waals surface area (Å²) in [6.07, 6.45) is 5.29. The third-order valence-electron chi connectivity index (χ3n) is 8.88. The maximum absolute atomic E-state index is 14.7. The van der Waals surface area contributed by atoms with Gasteiger partial charge in [0.15, 0.2) is 0 Å². The van der Waals surface area contributed by atoms with E-state index in [-0.39, 0.29) is 29.8 Å². The number of carbonyl (C=O) groups excluding carboxylic acids is 2.